The third-order valence-corrected chi connectivity index (χ3v) is 6.34. The van der Waals surface area contributed by atoms with Crippen molar-refractivity contribution in [3.05, 3.63) is 77.0 Å². The Morgan fingerprint density at radius 1 is 0.929 bits per heavy atom. The minimum Gasteiger partial charge on any atom is -0.274 e. The summed E-state index contributed by atoms with van der Waals surface area (Å²) in [5.41, 5.74) is 1.13. The van der Waals surface area contributed by atoms with Gasteiger partial charge in [-0.3, -0.25) is 9.25 Å². The lowest BCUT2D eigenvalue weighted by molar-refractivity contribution is 0.554. The molecule has 3 heterocycles. The van der Waals surface area contributed by atoms with Crippen molar-refractivity contribution in [2.45, 2.75) is 37.4 Å². The molecule has 5 nitrogen and oxygen atoms in total. The highest BCUT2D eigenvalue weighted by atomic mass is 32.2. The standard InChI is InChI=1S/C21H23N5S2/c1-3-9-18(10-4-1)26-20(17-19-11-7-16-27-19)23-24-21(26)28-15-6-2-5-13-25-14-8-12-22-25/h1,3-4,7-12,14,16H,2,5-6,13,15,17H2. The van der Waals surface area contributed by atoms with Gasteiger partial charge in [0.25, 0.3) is 0 Å². The Hall–Kier alpha value is -2.38. The molecule has 28 heavy (non-hydrogen) atoms. The Balaban J connectivity index is 1.38. The number of thiophene rings is 1. The zero-order chi connectivity index (χ0) is 19.0. The van der Waals surface area contributed by atoms with E-state index in [1.165, 1.54) is 11.3 Å². The van der Waals surface area contributed by atoms with E-state index >= 15 is 0 Å². The number of aromatic nitrogens is 5. The smallest absolute Gasteiger partial charge is 0.195 e. The molecule has 0 atom stereocenters. The molecule has 0 unspecified atom stereocenters. The number of para-hydroxylation sites is 1. The summed E-state index contributed by atoms with van der Waals surface area (Å²) in [6, 6.07) is 16.6. The Morgan fingerprint density at radius 2 is 1.86 bits per heavy atom. The topological polar surface area (TPSA) is 48.5 Å². The zero-order valence-corrected chi connectivity index (χ0v) is 17.3. The molecule has 0 aliphatic carbocycles. The summed E-state index contributed by atoms with van der Waals surface area (Å²) in [4.78, 5) is 1.31. The highest BCUT2D eigenvalue weighted by Gasteiger charge is 2.15. The fraction of sp³-hybridized carbons (Fsp3) is 0.286. The van der Waals surface area contributed by atoms with Crippen LogP contribution in [0.3, 0.4) is 0 Å². The van der Waals surface area contributed by atoms with E-state index in [4.69, 9.17) is 0 Å². The van der Waals surface area contributed by atoms with Crippen LogP contribution >= 0.6 is 23.1 Å². The van der Waals surface area contributed by atoms with Crippen LogP contribution < -0.4 is 0 Å². The van der Waals surface area contributed by atoms with E-state index in [9.17, 15) is 0 Å². The van der Waals surface area contributed by atoms with E-state index in [1.54, 1.807) is 23.1 Å². The number of hydrogen-bond acceptors (Lipinski definition) is 5. The van der Waals surface area contributed by atoms with Gasteiger partial charge in [-0.05, 0) is 42.5 Å². The highest BCUT2D eigenvalue weighted by molar-refractivity contribution is 7.99. The number of nitrogens with zero attached hydrogens (tertiary/aromatic N) is 5. The maximum Gasteiger partial charge on any atom is 0.195 e. The second-order valence-corrected chi connectivity index (χ2v) is 8.60. The Morgan fingerprint density at radius 3 is 2.64 bits per heavy atom. The minimum absolute atomic E-state index is 0.810. The second-order valence-electron chi connectivity index (χ2n) is 6.50. The molecule has 0 spiro atoms. The number of unbranched alkanes of at least 4 members (excludes halogenated alkanes) is 2. The number of thioether (sulfide) groups is 1. The molecule has 1 aromatic carbocycles. The summed E-state index contributed by atoms with van der Waals surface area (Å²) in [6.45, 7) is 0.989. The molecule has 0 saturated carbocycles. The monoisotopic (exact) mass is 409 g/mol. The molecule has 0 amide bonds. The first-order valence-electron chi connectivity index (χ1n) is 9.52. The first kappa shape index (κ1) is 19.0. The van der Waals surface area contributed by atoms with E-state index in [1.807, 2.05) is 29.2 Å². The third kappa shape index (κ3) is 4.91. The Labute approximate surface area is 173 Å². The average Bonchev–Trinajstić information content (AvgIpc) is 3.48. The van der Waals surface area contributed by atoms with Crippen LogP contribution in [-0.4, -0.2) is 30.3 Å². The van der Waals surface area contributed by atoms with E-state index in [2.05, 4.69) is 61.6 Å². The maximum atomic E-state index is 4.50. The molecule has 7 heteroatoms. The van der Waals surface area contributed by atoms with Crippen LogP contribution in [0.1, 0.15) is 30.0 Å². The number of aryl methyl sites for hydroxylation is 1. The van der Waals surface area contributed by atoms with Gasteiger partial charge >= 0.3 is 0 Å². The first-order valence-corrected chi connectivity index (χ1v) is 11.4. The van der Waals surface area contributed by atoms with Crippen molar-refractivity contribution in [2.75, 3.05) is 5.75 Å². The van der Waals surface area contributed by atoms with Crippen LogP contribution in [-0.2, 0) is 13.0 Å². The van der Waals surface area contributed by atoms with Crippen molar-refractivity contribution in [1.82, 2.24) is 24.5 Å². The van der Waals surface area contributed by atoms with Gasteiger partial charge in [0.1, 0.15) is 5.82 Å². The molecule has 0 aliphatic rings. The largest absolute Gasteiger partial charge is 0.274 e. The predicted molar refractivity (Wildman–Crippen MR) is 115 cm³/mol. The summed E-state index contributed by atoms with van der Waals surface area (Å²) in [7, 11) is 0. The predicted octanol–water partition coefficient (Wildman–Crippen LogP) is 5.08. The van der Waals surface area contributed by atoms with E-state index in [0.717, 1.165) is 48.2 Å². The zero-order valence-electron chi connectivity index (χ0n) is 15.6. The first-order chi connectivity index (χ1) is 13.9. The van der Waals surface area contributed by atoms with Crippen molar-refractivity contribution in [3.8, 4) is 5.69 Å². The Bertz CT molecular complexity index is 946. The molecular weight excluding hydrogens is 386 g/mol. The summed E-state index contributed by atoms with van der Waals surface area (Å²) < 4.78 is 4.20. The van der Waals surface area contributed by atoms with Crippen molar-refractivity contribution in [2.24, 2.45) is 0 Å². The fourth-order valence-corrected chi connectivity index (χ4v) is 4.73. The van der Waals surface area contributed by atoms with E-state index in [-0.39, 0.29) is 0 Å². The SMILES string of the molecule is c1ccc(-n2c(Cc3cccs3)nnc2SCCCCCn2cccn2)cc1. The van der Waals surface area contributed by atoms with Gasteiger partial charge in [-0.25, -0.2) is 0 Å². The summed E-state index contributed by atoms with van der Waals surface area (Å²) in [5, 5.41) is 16.3. The van der Waals surface area contributed by atoms with Gasteiger partial charge in [-0.2, -0.15) is 5.10 Å². The fourth-order valence-electron chi connectivity index (χ4n) is 3.06. The molecule has 0 radical (unpaired) electrons. The normalized spacial score (nSPS) is 11.1. The van der Waals surface area contributed by atoms with E-state index in [0.29, 0.717) is 0 Å². The molecule has 4 aromatic rings. The quantitative estimate of drug-likeness (QED) is 0.271. The van der Waals surface area contributed by atoms with Crippen molar-refractivity contribution < 1.29 is 0 Å². The van der Waals surface area contributed by atoms with Crippen LogP contribution in [0.25, 0.3) is 5.69 Å². The van der Waals surface area contributed by atoms with Gasteiger partial charge in [-0.15, -0.1) is 21.5 Å². The Kier molecular flexibility index (Phi) is 6.57. The molecule has 3 aromatic heterocycles. The van der Waals surface area contributed by atoms with Crippen LogP contribution in [0.2, 0.25) is 0 Å². The lowest BCUT2D eigenvalue weighted by atomic mass is 10.2. The molecule has 4 rings (SSSR count). The molecule has 0 fully saturated rings. The third-order valence-electron chi connectivity index (χ3n) is 4.45. The van der Waals surface area contributed by atoms with Gasteiger partial charge in [0.05, 0.1) is 0 Å². The van der Waals surface area contributed by atoms with Gasteiger partial charge < -0.3 is 0 Å². The van der Waals surface area contributed by atoms with Crippen molar-refractivity contribution in [3.63, 3.8) is 0 Å². The van der Waals surface area contributed by atoms with Crippen LogP contribution in [0, 0.1) is 0 Å². The lowest BCUT2D eigenvalue weighted by Gasteiger charge is -2.10. The second kappa shape index (κ2) is 9.71. The van der Waals surface area contributed by atoms with Crippen LogP contribution in [0.5, 0.6) is 0 Å². The average molecular weight is 410 g/mol. The van der Waals surface area contributed by atoms with Crippen LogP contribution in [0.15, 0.2) is 71.5 Å². The van der Waals surface area contributed by atoms with E-state index < -0.39 is 0 Å². The number of hydrogen-bond donors (Lipinski definition) is 0. The van der Waals surface area contributed by atoms with Gasteiger partial charge in [-0.1, -0.05) is 42.4 Å². The summed E-state index contributed by atoms with van der Waals surface area (Å²) in [6.07, 6.45) is 8.16. The van der Waals surface area contributed by atoms with Gasteiger partial charge in [0, 0.05) is 41.7 Å². The minimum atomic E-state index is 0.810. The van der Waals surface area contributed by atoms with Gasteiger partial charge in [0.15, 0.2) is 5.16 Å². The summed E-state index contributed by atoms with van der Waals surface area (Å²) >= 11 is 3.56. The lowest BCUT2D eigenvalue weighted by Crippen LogP contribution is -2.03. The van der Waals surface area contributed by atoms with Gasteiger partial charge in [0.2, 0.25) is 0 Å². The molecule has 0 bridgehead atoms. The molecule has 0 aliphatic heterocycles. The molecule has 0 saturated heterocycles. The number of rotatable bonds is 10. The molecular formula is C21H23N5S2. The van der Waals surface area contributed by atoms with Crippen LogP contribution in [0.4, 0.5) is 0 Å². The van der Waals surface area contributed by atoms with Crippen molar-refractivity contribution >= 4 is 23.1 Å². The maximum absolute atomic E-state index is 4.50. The number of benzene rings is 1. The summed E-state index contributed by atoms with van der Waals surface area (Å²) in [5.74, 6) is 2.04. The molecule has 144 valence electrons. The van der Waals surface area contributed by atoms with Crippen molar-refractivity contribution in [1.29, 1.82) is 0 Å². The highest BCUT2D eigenvalue weighted by Crippen LogP contribution is 2.25. The molecule has 0 N–H and O–H groups in total.